The van der Waals surface area contributed by atoms with Crippen molar-refractivity contribution in [2.24, 2.45) is 0 Å². The Kier molecular flexibility index (Phi) is 4.17. The number of nitrogen functional groups attached to an aromatic ring is 1. The highest BCUT2D eigenvalue weighted by Crippen LogP contribution is 2.16. The molecule has 0 saturated carbocycles. The van der Waals surface area contributed by atoms with Crippen LogP contribution in [0.15, 0.2) is 29.1 Å². The molecule has 0 radical (unpaired) electrons. The van der Waals surface area contributed by atoms with Crippen molar-refractivity contribution in [3.05, 3.63) is 45.2 Å². The van der Waals surface area contributed by atoms with Gasteiger partial charge in [0.2, 0.25) is 0 Å². The smallest absolute Gasteiger partial charge is 0.252 e. The van der Waals surface area contributed by atoms with Crippen LogP contribution in [0.5, 0.6) is 0 Å². The van der Waals surface area contributed by atoms with Gasteiger partial charge in [0.1, 0.15) is 5.82 Å². The third kappa shape index (κ3) is 3.21. The van der Waals surface area contributed by atoms with Crippen molar-refractivity contribution in [2.45, 2.75) is 6.42 Å². The Labute approximate surface area is 114 Å². The number of nitrogens with one attached hydrogen (secondary N) is 1. The molecule has 4 nitrogen and oxygen atoms in total. The predicted molar refractivity (Wildman–Crippen MR) is 74.0 cm³/mol. The highest BCUT2D eigenvalue weighted by molar-refractivity contribution is 7.07. The Morgan fingerprint density at radius 3 is 3.06 bits per heavy atom. The summed E-state index contributed by atoms with van der Waals surface area (Å²) in [5.74, 6) is 0.0334. The number of carbonyl (C=O) groups is 1. The summed E-state index contributed by atoms with van der Waals surface area (Å²) in [6, 6.07) is 3.56. The minimum absolute atomic E-state index is 0.195. The van der Waals surface area contributed by atoms with Crippen LogP contribution in [-0.2, 0) is 6.42 Å². The molecule has 0 unspecified atom stereocenters. The first kappa shape index (κ1) is 12.9. The van der Waals surface area contributed by atoms with E-state index in [9.17, 15) is 4.79 Å². The quantitative estimate of drug-likeness (QED) is 0.904. The van der Waals surface area contributed by atoms with E-state index in [-0.39, 0.29) is 11.7 Å². The lowest BCUT2D eigenvalue weighted by Crippen LogP contribution is -2.25. The summed E-state index contributed by atoms with van der Waals surface area (Å²) >= 11 is 7.45. The molecule has 18 heavy (non-hydrogen) atoms. The first-order valence-corrected chi connectivity index (χ1v) is 6.69. The third-order valence-corrected chi connectivity index (χ3v) is 3.45. The van der Waals surface area contributed by atoms with Crippen molar-refractivity contribution >= 4 is 34.7 Å². The average molecular weight is 282 g/mol. The molecule has 2 rings (SSSR count). The number of hydrogen-bond donors (Lipinski definition) is 2. The zero-order chi connectivity index (χ0) is 13.0. The molecule has 1 amide bonds. The fourth-order valence-electron chi connectivity index (χ4n) is 1.43. The maximum absolute atomic E-state index is 11.8. The molecular formula is C12H12ClN3OS. The summed E-state index contributed by atoms with van der Waals surface area (Å²) in [4.78, 5) is 15.6. The monoisotopic (exact) mass is 281 g/mol. The molecule has 0 spiro atoms. The lowest BCUT2D eigenvalue weighted by molar-refractivity contribution is 0.0954. The van der Waals surface area contributed by atoms with Crippen LogP contribution >= 0.6 is 22.9 Å². The highest BCUT2D eigenvalue weighted by Gasteiger charge is 2.08. The molecule has 3 N–H and O–H groups in total. The lowest BCUT2D eigenvalue weighted by atomic mass is 10.2. The number of nitrogens with zero attached hydrogens (tertiary/aromatic N) is 1. The summed E-state index contributed by atoms with van der Waals surface area (Å²) in [5.41, 5.74) is 7.11. The third-order valence-electron chi connectivity index (χ3n) is 2.41. The van der Waals surface area contributed by atoms with E-state index >= 15 is 0 Å². The standard InChI is InChI=1S/C12H12ClN3OS/c13-10-5-9(6-16-11(10)14)12(17)15-3-1-8-2-4-18-7-8/h2,4-7H,1,3H2,(H2,14,16)(H,15,17). The van der Waals surface area contributed by atoms with Crippen LogP contribution in [0, 0.1) is 0 Å². The number of halogens is 1. The molecule has 0 aliphatic carbocycles. The van der Waals surface area contributed by atoms with Gasteiger partial charge in [-0.25, -0.2) is 4.98 Å². The van der Waals surface area contributed by atoms with E-state index in [1.165, 1.54) is 17.8 Å². The van der Waals surface area contributed by atoms with E-state index in [1.807, 2.05) is 11.4 Å². The van der Waals surface area contributed by atoms with Gasteiger partial charge in [-0.1, -0.05) is 11.6 Å². The second kappa shape index (κ2) is 5.84. The van der Waals surface area contributed by atoms with Gasteiger partial charge < -0.3 is 11.1 Å². The number of pyridine rings is 1. The first-order valence-electron chi connectivity index (χ1n) is 5.37. The van der Waals surface area contributed by atoms with Gasteiger partial charge in [0, 0.05) is 12.7 Å². The van der Waals surface area contributed by atoms with Crippen molar-refractivity contribution in [3.8, 4) is 0 Å². The summed E-state index contributed by atoms with van der Waals surface area (Å²) in [6.07, 6.45) is 2.23. The van der Waals surface area contributed by atoms with Crippen LogP contribution in [0.1, 0.15) is 15.9 Å². The molecule has 0 bridgehead atoms. The van der Waals surface area contributed by atoms with Gasteiger partial charge >= 0.3 is 0 Å². The molecule has 94 valence electrons. The molecule has 0 fully saturated rings. The number of thiophene rings is 1. The van der Waals surface area contributed by atoms with E-state index in [0.717, 1.165) is 6.42 Å². The number of anilines is 1. The molecule has 2 aromatic rings. The topological polar surface area (TPSA) is 68.0 Å². The van der Waals surface area contributed by atoms with Gasteiger partial charge in [0.15, 0.2) is 0 Å². The zero-order valence-corrected chi connectivity index (χ0v) is 11.1. The molecule has 6 heteroatoms. The summed E-state index contributed by atoms with van der Waals surface area (Å²) in [6.45, 7) is 0.581. The van der Waals surface area contributed by atoms with Crippen molar-refractivity contribution in [1.29, 1.82) is 0 Å². The van der Waals surface area contributed by atoms with Crippen LogP contribution in [-0.4, -0.2) is 17.4 Å². The van der Waals surface area contributed by atoms with Gasteiger partial charge in [0.25, 0.3) is 5.91 Å². The normalized spacial score (nSPS) is 10.3. The molecule has 0 saturated heterocycles. The van der Waals surface area contributed by atoms with Gasteiger partial charge in [-0.2, -0.15) is 11.3 Å². The van der Waals surface area contributed by atoms with Gasteiger partial charge in [-0.3, -0.25) is 4.79 Å². The maximum Gasteiger partial charge on any atom is 0.252 e. The summed E-state index contributed by atoms with van der Waals surface area (Å²) in [5, 5.41) is 7.18. The lowest BCUT2D eigenvalue weighted by Gasteiger charge is -2.05. The fraction of sp³-hybridized carbons (Fsp3) is 0.167. The van der Waals surface area contributed by atoms with Crippen LogP contribution < -0.4 is 11.1 Å². The van der Waals surface area contributed by atoms with E-state index in [0.29, 0.717) is 17.1 Å². The molecule has 0 atom stereocenters. The second-order valence-corrected chi connectivity index (χ2v) is 4.92. The summed E-state index contributed by atoms with van der Waals surface area (Å²) in [7, 11) is 0. The van der Waals surface area contributed by atoms with E-state index in [4.69, 9.17) is 17.3 Å². The SMILES string of the molecule is Nc1ncc(C(=O)NCCc2ccsc2)cc1Cl. The number of rotatable bonds is 4. The van der Waals surface area contributed by atoms with Crippen molar-refractivity contribution in [1.82, 2.24) is 10.3 Å². The molecule has 0 aliphatic rings. The first-order chi connectivity index (χ1) is 8.66. The zero-order valence-electron chi connectivity index (χ0n) is 9.52. The average Bonchev–Trinajstić information content (AvgIpc) is 2.85. The molecule has 0 aliphatic heterocycles. The number of amides is 1. The minimum atomic E-state index is -0.195. The van der Waals surface area contributed by atoms with Gasteiger partial charge in [-0.15, -0.1) is 0 Å². The van der Waals surface area contributed by atoms with Gasteiger partial charge in [0.05, 0.1) is 10.6 Å². The number of hydrogen-bond acceptors (Lipinski definition) is 4. The predicted octanol–water partition coefficient (Wildman–Crippen LogP) is 2.35. The second-order valence-electron chi connectivity index (χ2n) is 3.73. The Morgan fingerprint density at radius 2 is 2.39 bits per heavy atom. The van der Waals surface area contributed by atoms with Crippen molar-refractivity contribution in [3.63, 3.8) is 0 Å². The van der Waals surface area contributed by atoms with E-state index < -0.39 is 0 Å². The number of carbonyl (C=O) groups excluding carboxylic acids is 1. The molecule has 2 heterocycles. The largest absolute Gasteiger partial charge is 0.382 e. The summed E-state index contributed by atoms with van der Waals surface area (Å²) < 4.78 is 0. The molecule has 2 aromatic heterocycles. The maximum atomic E-state index is 11.8. The van der Waals surface area contributed by atoms with Gasteiger partial charge in [-0.05, 0) is 34.9 Å². The Balaban J connectivity index is 1.89. The fourth-order valence-corrected chi connectivity index (χ4v) is 2.30. The van der Waals surface area contributed by atoms with E-state index in [1.54, 1.807) is 11.3 Å². The Hall–Kier alpha value is -1.59. The molecule has 0 aromatic carbocycles. The Bertz CT molecular complexity index is 542. The van der Waals surface area contributed by atoms with Crippen LogP contribution in [0.2, 0.25) is 5.02 Å². The number of aromatic nitrogens is 1. The van der Waals surface area contributed by atoms with Crippen LogP contribution in [0.3, 0.4) is 0 Å². The number of nitrogens with two attached hydrogens (primary N) is 1. The van der Waals surface area contributed by atoms with E-state index in [2.05, 4.69) is 15.7 Å². The highest BCUT2D eigenvalue weighted by atomic mass is 35.5. The Morgan fingerprint density at radius 1 is 1.56 bits per heavy atom. The molecular weight excluding hydrogens is 270 g/mol. The van der Waals surface area contributed by atoms with Crippen molar-refractivity contribution < 1.29 is 4.79 Å². The van der Waals surface area contributed by atoms with Crippen molar-refractivity contribution in [2.75, 3.05) is 12.3 Å². The van der Waals surface area contributed by atoms with Crippen LogP contribution in [0.25, 0.3) is 0 Å². The minimum Gasteiger partial charge on any atom is -0.382 e. The van der Waals surface area contributed by atoms with Crippen LogP contribution in [0.4, 0.5) is 5.82 Å².